The van der Waals surface area contributed by atoms with Gasteiger partial charge in [0.05, 0.1) is 12.8 Å². The molecule has 0 spiro atoms. The Morgan fingerprint density at radius 1 is 1.18 bits per heavy atom. The summed E-state index contributed by atoms with van der Waals surface area (Å²) in [6.07, 6.45) is 3.00. The van der Waals surface area contributed by atoms with Crippen LogP contribution >= 0.6 is 0 Å². The molecule has 1 aliphatic heterocycles. The summed E-state index contributed by atoms with van der Waals surface area (Å²) in [7, 11) is 2.10. The molecule has 4 rings (SSSR count). The summed E-state index contributed by atoms with van der Waals surface area (Å²) >= 11 is 0. The zero-order valence-corrected chi connectivity index (χ0v) is 19.6. The molecule has 4 heterocycles. The van der Waals surface area contributed by atoms with Crippen LogP contribution in [-0.2, 0) is 10.3 Å². The summed E-state index contributed by atoms with van der Waals surface area (Å²) in [5.74, 6) is 1.42. The molecule has 0 unspecified atom stereocenters. The first-order valence-corrected chi connectivity index (χ1v) is 11.2. The maximum atomic E-state index is 12.9. The molecule has 0 aliphatic carbocycles. The number of ether oxygens (including phenoxy) is 1. The zero-order valence-electron chi connectivity index (χ0n) is 19.6. The van der Waals surface area contributed by atoms with E-state index in [1.165, 1.54) is 18.7 Å². The average molecular weight is 468 g/mol. The van der Waals surface area contributed by atoms with E-state index in [0.717, 1.165) is 36.7 Å². The van der Waals surface area contributed by atoms with Crippen molar-refractivity contribution in [3.05, 3.63) is 53.3 Å². The number of nitrogens with zero attached hydrogens (tertiary/aromatic N) is 6. The van der Waals surface area contributed by atoms with E-state index in [9.17, 15) is 9.59 Å². The van der Waals surface area contributed by atoms with Crippen molar-refractivity contribution in [1.82, 2.24) is 30.0 Å². The molecule has 0 aromatic carbocycles. The minimum absolute atomic E-state index is 0.218. The Morgan fingerprint density at radius 3 is 2.71 bits per heavy atom. The molecule has 0 saturated carbocycles. The fourth-order valence-electron chi connectivity index (χ4n) is 3.62. The van der Waals surface area contributed by atoms with Gasteiger partial charge >= 0.3 is 0 Å². The molecular weight excluding hydrogens is 438 g/mol. The highest BCUT2D eigenvalue weighted by atomic mass is 16.5. The van der Waals surface area contributed by atoms with Gasteiger partial charge in [-0.25, -0.2) is 14.6 Å². The predicted molar refractivity (Wildman–Crippen MR) is 126 cm³/mol. The van der Waals surface area contributed by atoms with E-state index in [1.54, 1.807) is 38.1 Å². The van der Waals surface area contributed by atoms with Crippen molar-refractivity contribution in [2.75, 3.05) is 51.3 Å². The zero-order chi connectivity index (χ0) is 24.1. The van der Waals surface area contributed by atoms with E-state index in [4.69, 9.17) is 9.15 Å². The van der Waals surface area contributed by atoms with Crippen LogP contribution < -0.4 is 20.5 Å². The van der Waals surface area contributed by atoms with Gasteiger partial charge in [-0.1, -0.05) is 0 Å². The third-order valence-corrected chi connectivity index (χ3v) is 5.75. The molecule has 0 bridgehead atoms. The number of anilines is 1. The Kier molecular flexibility index (Phi) is 6.92. The number of hydrogen-bond acceptors (Lipinski definition) is 9. The number of piperazine rings is 1. The predicted octanol–water partition coefficient (Wildman–Crippen LogP) is 0.975. The minimum Gasteiger partial charge on any atom is -0.476 e. The Morgan fingerprint density at radius 2 is 1.97 bits per heavy atom. The molecule has 1 fully saturated rings. The molecule has 0 atom stereocenters. The Balaban J connectivity index is 1.33. The van der Waals surface area contributed by atoms with Gasteiger partial charge in [-0.15, -0.1) is 0 Å². The van der Waals surface area contributed by atoms with E-state index >= 15 is 0 Å². The fraction of sp³-hybridized carbons (Fsp3) is 0.435. The fourth-order valence-corrected chi connectivity index (χ4v) is 3.62. The van der Waals surface area contributed by atoms with Gasteiger partial charge in [-0.2, -0.15) is 5.10 Å². The number of nitrogens with one attached hydrogen (secondary N) is 1. The lowest BCUT2D eigenvalue weighted by molar-refractivity contribution is -0.129. The molecule has 34 heavy (non-hydrogen) atoms. The van der Waals surface area contributed by atoms with Crippen molar-refractivity contribution in [3.63, 3.8) is 0 Å². The number of amides is 1. The lowest BCUT2D eigenvalue weighted by Crippen LogP contribution is -2.50. The quantitative estimate of drug-likeness (QED) is 0.484. The summed E-state index contributed by atoms with van der Waals surface area (Å²) < 4.78 is 12.2. The summed E-state index contributed by atoms with van der Waals surface area (Å²) in [5, 5.41) is 7.15. The first-order chi connectivity index (χ1) is 16.3. The van der Waals surface area contributed by atoms with E-state index in [-0.39, 0.29) is 24.6 Å². The molecule has 3 aromatic rings. The number of furan rings is 1. The van der Waals surface area contributed by atoms with Crippen LogP contribution in [0.2, 0.25) is 0 Å². The van der Waals surface area contributed by atoms with E-state index in [1.807, 2.05) is 0 Å². The second-order valence-electron chi connectivity index (χ2n) is 8.61. The van der Waals surface area contributed by atoms with Gasteiger partial charge in [0.1, 0.15) is 30.0 Å². The average Bonchev–Trinajstić information content (AvgIpc) is 3.37. The molecule has 1 amide bonds. The second kappa shape index (κ2) is 10.0. The van der Waals surface area contributed by atoms with E-state index < -0.39 is 5.54 Å². The van der Waals surface area contributed by atoms with E-state index in [2.05, 4.69) is 37.2 Å². The van der Waals surface area contributed by atoms with Gasteiger partial charge in [-0.05, 0) is 39.1 Å². The lowest BCUT2D eigenvalue weighted by atomic mass is 10.0. The Labute approximate surface area is 197 Å². The Bertz CT molecular complexity index is 1170. The van der Waals surface area contributed by atoms with Gasteiger partial charge in [0.25, 0.3) is 5.56 Å². The highest BCUT2D eigenvalue weighted by Crippen LogP contribution is 2.19. The number of carbonyl (C=O) groups is 1. The number of aromatic nitrogens is 4. The number of rotatable bonds is 8. The minimum atomic E-state index is -1.22. The van der Waals surface area contributed by atoms with Crippen molar-refractivity contribution in [3.8, 4) is 17.3 Å². The van der Waals surface area contributed by atoms with Crippen molar-refractivity contribution in [2.24, 2.45) is 0 Å². The van der Waals surface area contributed by atoms with Crippen LogP contribution in [0.1, 0.15) is 13.8 Å². The first-order valence-electron chi connectivity index (χ1n) is 11.2. The van der Waals surface area contributed by atoms with Crippen LogP contribution in [0, 0.1) is 0 Å². The van der Waals surface area contributed by atoms with Crippen molar-refractivity contribution in [1.29, 1.82) is 0 Å². The molecule has 11 heteroatoms. The molecular formula is C23H29N7O4. The van der Waals surface area contributed by atoms with Gasteiger partial charge in [0.15, 0.2) is 5.76 Å². The van der Waals surface area contributed by atoms with Crippen LogP contribution in [0.4, 0.5) is 5.82 Å². The van der Waals surface area contributed by atoms with Gasteiger partial charge in [-0.3, -0.25) is 9.59 Å². The second-order valence-corrected chi connectivity index (χ2v) is 8.61. The molecule has 3 aromatic heterocycles. The maximum absolute atomic E-state index is 12.9. The summed E-state index contributed by atoms with van der Waals surface area (Å²) in [4.78, 5) is 38.3. The Hall–Kier alpha value is -3.73. The normalized spacial score (nSPS) is 14.7. The molecule has 1 saturated heterocycles. The maximum Gasteiger partial charge on any atom is 0.267 e. The summed E-state index contributed by atoms with van der Waals surface area (Å²) in [6.45, 7) is 7.47. The molecule has 0 radical (unpaired) electrons. The molecule has 180 valence electrons. The summed E-state index contributed by atoms with van der Waals surface area (Å²) in [5.41, 5.74) is -1.14. The monoisotopic (exact) mass is 467 g/mol. The van der Waals surface area contributed by atoms with Gasteiger partial charge in [0, 0.05) is 38.3 Å². The summed E-state index contributed by atoms with van der Waals surface area (Å²) in [6, 6.07) is 8.22. The molecule has 1 N–H and O–H groups in total. The van der Waals surface area contributed by atoms with Crippen molar-refractivity contribution < 1.29 is 13.9 Å². The third kappa shape index (κ3) is 5.25. The van der Waals surface area contributed by atoms with Crippen LogP contribution in [0.25, 0.3) is 11.5 Å². The smallest absolute Gasteiger partial charge is 0.267 e. The highest BCUT2D eigenvalue weighted by Gasteiger charge is 2.32. The lowest BCUT2D eigenvalue weighted by Gasteiger charge is -2.33. The van der Waals surface area contributed by atoms with E-state index in [0.29, 0.717) is 17.3 Å². The highest BCUT2D eigenvalue weighted by molar-refractivity contribution is 5.83. The standard InChI is InChI=1S/C23H29N7O4/c1-23(2,30-21(31)7-6-17(27-30)18-5-4-13-33-18)22(32)24-8-14-34-20-15-19(25-16-26-20)29-11-9-28(3)10-12-29/h4-7,13,15-16H,8-12,14H2,1-3H3,(H,24,32). The van der Waals surface area contributed by atoms with Crippen LogP contribution in [0.5, 0.6) is 5.88 Å². The molecule has 1 aliphatic rings. The number of likely N-dealkylation sites (N-methyl/N-ethyl adjacent to an activating group) is 1. The molecule has 11 nitrogen and oxygen atoms in total. The SMILES string of the molecule is CN1CCN(c2cc(OCCNC(=O)C(C)(C)n3nc(-c4ccco4)ccc3=O)ncn2)CC1. The van der Waals surface area contributed by atoms with Crippen LogP contribution in [0.15, 0.2) is 52.1 Å². The van der Waals surface area contributed by atoms with Gasteiger partial charge in [0.2, 0.25) is 11.8 Å². The third-order valence-electron chi connectivity index (χ3n) is 5.75. The largest absolute Gasteiger partial charge is 0.476 e. The van der Waals surface area contributed by atoms with Crippen LogP contribution in [0.3, 0.4) is 0 Å². The van der Waals surface area contributed by atoms with Crippen LogP contribution in [-0.4, -0.2) is 76.9 Å². The topological polar surface area (TPSA) is 119 Å². The van der Waals surface area contributed by atoms with Gasteiger partial charge < -0.3 is 24.3 Å². The van der Waals surface area contributed by atoms with Crippen molar-refractivity contribution >= 4 is 11.7 Å². The van der Waals surface area contributed by atoms with Crippen molar-refractivity contribution in [2.45, 2.75) is 19.4 Å². The number of carbonyl (C=O) groups excluding carboxylic acids is 1. The number of hydrogen-bond donors (Lipinski definition) is 1. The first kappa shape index (κ1) is 23.4.